The fraction of sp³-hybridized carbons (Fsp3) is 0.360. The number of hydrogen-bond donors (Lipinski definition) is 3. The molecule has 1 aromatic carbocycles. The van der Waals surface area contributed by atoms with Gasteiger partial charge in [0.05, 0.1) is 11.6 Å². The molecule has 4 rings (SSSR count). The Morgan fingerprint density at radius 3 is 2.68 bits per heavy atom. The van der Waals surface area contributed by atoms with Gasteiger partial charge in [0, 0.05) is 29.7 Å². The van der Waals surface area contributed by atoms with Crippen molar-refractivity contribution in [2.45, 2.75) is 53.5 Å². The molecule has 1 unspecified atom stereocenters. The first-order chi connectivity index (χ1) is 16.3. The predicted octanol–water partition coefficient (Wildman–Crippen LogP) is 3.87. The van der Waals surface area contributed by atoms with E-state index >= 15 is 0 Å². The Labute approximate surface area is 199 Å². The molecule has 0 spiro atoms. The predicted molar refractivity (Wildman–Crippen MR) is 132 cm³/mol. The summed E-state index contributed by atoms with van der Waals surface area (Å²) in [6, 6.07) is 5.75. The van der Waals surface area contributed by atoms with Crippen LogP contribution in [0.15, 0.2) is 42.5 Å². The molecule has 178 valence electrons. The third-order valence-electron chi connectivity index (χ3n) is 6.16. The summed E-state index contributed by atoms with van der Waals surface area (Å²) in [6.07, 6.45) is 7.04. The summed E-state index contributed by atoms with van der Waals surface area (Å²) in [7, 11) is 0. The first-order valence-electron chi connectivity index (χ1n) is 11.6. The van der Waals surface area contributed by atoms with Gasteiger partial charge in [0.1, 0.15) is 11.8 Å². The highest BCUT2D eigenvalue weighted by Crippen LogP contribution is 2.28. The second-order valence-electron chi connectivity index (χ2n) is 8.72. The molecular formula is C25H31N7O2. The fourth-order valence-corrected chi connectivity index (χ4v) is 4.10. The van der Waals surface area contributed by atoms with Crippen LogP contribution in [-0.2, 0) is 0 Å². The van der Waals surface area contributed by atoms with Gasteiger partial charge in [0.25, 0.3) is 11.8 Å². The lowest BCUT2D eigenvalue weighted by Gasteiger charge is -2.26. The molecular weight excluding hydrogens is 430 g/mol. The van der Waals surface area contributed by atoms with Crippen molar-refractivity contribution in [3.8, 4) is 0 Å². The Hall–Kier alpha value is -3.88. The summed E-state index contributed by atoms with van der Waals surface area (Å²) in [5.41, 5.74) is 8.36. The summed E-state index contributed by atoms with van der Waals surface area (Å²) < 4.78 is 1.65. The van der Waals surface area contributed by atoms with Crippen LogP contribution in [0.3, 0.4) is 0 Å². The highest BCUT2D eigenvalue weighted by atomic mass is 16.2. The molecule has 0 bridgehead atoms. The van der Waals surface area contributed by atoms with Crippen LogP contribution in [0.5, 0.6) is 0 Å². The van der Waals surface area contributed by atoms with Crippen LogP contribution < -0.4 is 16.1 Å². The lowest BCUT2D eigenvalue weighted by molar-refractivity contribution is 0.0807. The second-order valence-corrected chi connectivity index (χ2v) is 8.72. The maximum atomic E-state index is 13.0. The van der Waals surface area contributed by atoms with Crippen LogP contribution in [0, 0.1) is 13.8 Å². The van der Waals surface area contributed by atoms with E-state index in [0.717, 1.165) is 35.4 Å². The first kappa shape index (κ1) is 23.3. The summed E-state index contributed by atoms with van der Waals surface area (Å²) in [5.74, 6) is 0.256. The summed E-state index contributed by atoms with van der Waals surface area (Å²) in [4.78, 5) is 30.0. The maximum Gasteiger partial charge on any atom is 0.269 e. The third kappa shape index (κ3) is 4.46. The Morgan fingerprint density at radius 2 is 1.97 bits per heavy atom. The largest absolute Gasteiger partial charge is 0.352 e. The smallest absolute Gasteiger partial charge is 0.269 e. The minimum atomic E-state index is -0.175. The van der Waals surface area contributed by atoms with Gasteiger partial charge < -0.3 is 10.6 Å². The van der Waals surface area contributed by atoms with Gasteiger partial charge in [0.15, 0.2) is 5.82 Å². The molecule has 0 saturated carbocycles. The number of carbonyl (C=O) groups excluding carboxylic acids is 2. The van der Waals surface area contributed by atoms with E-state index in [1.54, 1.807) is 10.7 Å². The van der Waals surface area contributed by atoms with E-state index in [4.69, 9.17) is 0 Å². The molecule has 9 nitrogen and oxygen atoms in total. The lowest BCUT2D eigenvalue weighted by atomic mass is 10.1. The molecule has 0 aliphatic carbocycles. The van der Waals surface area contributed by atoms with Gasteiger partial charge in [-0.25, -0.2) is 9.50 Å². The zero-order valence-corrected chi connectivity index (χ0v) is 20.3. The van der Waals surface area contributed by atoms with Gasteiger partial charge in [0.2, 0.25) is 0 Å². The topological polar surface area (TPSA) is 104 Å². The Balaban J connectivity index is 1.62. The molecule has 3 aromatic rings. The van der Waals surface area contributed by atoms with Crippen molar-refractivity contribution in [2.24, 2.45) is 0 Å². The van der Waals surface area contributed by atoms with Crippen LogP contribution in [0.1, 0.15) is 65.5 Å². The van der Waals surface area contributed by atoms with E-state index in [-0.39, 0.29) is 17.9 Å². The molecule has 1 aliphatic rings. The number of hydrazine groups is 1. The number of carbonyl (C=O) groups is 2. The molecule has 2 aromatic heterocycles. The highest BCUT2D eigenvalue weighted by molar-refractivity contribution is 5.99. The van der Waals surface area contributed by atoms with Crippen molar-refractivity contribution < 1.29 is 9.59 Å². The summed E-state index contributed by atoms with van der Waals surface area (Å²) in [5, 5.41) is 12.4. The molecule has 1 atom stereocenters. The quantitative estimate of drug-likeness (QED) is 0.493. The average molecular weight is 462 g/mol. The van der Waals surface area contributed by atoms with Crippen LogP contribution in [0.25, 0.3) is 5.52 Å². The van der Waals surface area contributed by atoms with Crippen molar-refractivity contribution in [3.05, 3.63) is 64.8 Å². The van der Waals surface area contributed by atoms with E-state index in [1.165, 1.54) is 6.33 Å². The highest BCUT2D eigenvalue weighted by Gasteiger charge is 2.22. The number of fused-ring (bicyclic) bond motifs is 1. The van der Waals surface area contributed by atoms with Crippen molar-refractivity contribution >= 4 is 28.8 Å². The zero-order chi connectivity index (χ0) is 24.4. The van der Waals surface area contributed by atoms with Crippen LogP contribution in [-0.4, -0.2) is 44.0 Å². The van der Waals surface area contributed by atoms with E-state index in [0.29, 0.717) is 29.0 Å². The fourth-order valence-electron chi connectivity index (χ4n) is 4.10. The van der Waals surface area contributed by atoms with Gasteiger partial charge in [-0.2, -0.15) is 5.10 Å². The normalized spacial score (nSPS) is 15.4. The number of benzene rings is 1. The standard InChI is InChI=1S/C25H31N7O2/c1-6-11-26-25(34)20-13-31-22(18(20)5)23(27-14-28-31)29-21-12-19(10-7-15(21)2)24(33)30-32-16(3)8-9-17(32)4/h7-8,10,12-14,17H,6,9,11H2,1-5H3,(H,26,34)(H,30,33)(H,27,28,29). The zero-order valence-electron chi connectivity index (χ0n) is 20.3. The molecule has 2 amide bonds. The number of hydrogen-bond acceptors (Lipinski definition) is 6. The van der Waals surface area contributed by atoms with Crippen molar-refractivity contribution in [1.82, 2.24) is 30.3 Å². The van der Waals surface area contributed by atoms with E-state index in [1.807, 2.05) is 50.9 Å². The number of aromatic nitrogens is 3. The Bertz CT molecular complexity index is 1280. The Morgan fingerprint density at radius 1 is 1.18 bits per heavy atom. The van der Waals surface area contributed by atoms with Gasteiger partial charge in [-0.05, 0) is 63.8 Å². The van der Waals surface area contributed by atoms with E-state index < -0.39 is 0 Å². The number of aryl methyl sites for hydroxylation is 2. The number of nitrogens with zero attached hydrogens (tertiary/aromatic N) is 4. The maximum absolute atomic E-state index is 13.0. The third-order valence-corrected chi connectivity index (χ3v) is 6.16. The SMILES string of the molecule is CCCNC(=O)c1cn2ncnc(Nc3cc(C(=O)NN4C(C)=CCC4C)ccc3C)c2c1C. The summed E-state index contributed by atoms with van der Waals surface area (Å²) >= 11 is 0. The molecule has 0 radical (unpaired) electrons. The minimum Gasteiger partial charge on any atom is -0.352 e. The monoisotopic (exact) mass is 461 g/mol. The van der Waals surface area contributed by atoms with Gasteiger partial charge >= 0.3 is 0 Å². The minimum absolute atomic E-state index is 0.133. The number of allylic oxidation sites excluding steroid dienone is 1. The van der Waals surface area contributed by atoms with E-state index in [2.05, 4.69) is 39.1 Å². The van der Waals surface area contributed by atoms with Crippen molar-refractivity contribution in [2.75, 3.05) is 11.9 Å². The molecule has 0 saturated heterocycles. The van der Waals surface area contributed by atoms with Gasteiger partial charge in [-0.15, -0.1) is 0 Å². The Kier molecular flexibility index (Phi) is 6.54. The molecule has 9 heteroatoms. The second kappa shape index (κ2) is 9.54. The van der Waals surface area contributed by atoms with Crippen molar-refractivity contribution in [1.29, 1.82) is 0 Å². The van der Waals surface area contributed by atoms with Crippen LogP contribution in [0.4, 0.5) is 11.5 Å². The molecule has 1 aliphatic heterocycles. The van der Waals surface area contributed by atoms with Gasteiger partial charge in [-0.3, -0.25) is 20.0 Å². The average Bonchev–Trinajstić information content (AvgIpc) is 3.33. The van der Waals surface area contributed by atoms with Crippen LogP contribution >= 0.6 is 0 Å². The van der Waals surface area contributed by atoms with Gasteiger partial charge in [-0.1, -0.05) is 19.1 Å². The number of anilines is 2. The molecule has 34 heavy (non-hydrogen) atoms. The van der Waals surface area contributed by atoms with Crippen LogP contribution in [0.2, 0.25) is 0 Å². The number of amides is 2. The van der Waals surface area contributed by atoms with Crippen molar-refractivity contribution in [3.63, 3.8) is 0 Å². The molecule has 3 N–H and O–H groups in total. The van der Waals surface area contributed by atoms with E-state index in [9.17, 15) is 9.59 Å². The summed E-state index contributed by atoms with van der Waals surface area (Å²) in [6.45, 7) is 10.5. The first-order valence-corrected chi connectivity index (χ1v) is 11.6. The molecule has 0 fully saturated rings. The molecule has 3 heterocycles. The lowest BCUT2D eigenvalue weighted by Crippen LogP contribution is -2.43. The number of nitrogens with one attached hydrogen (secondary N) is 3. The number of rotatable bonds is 7.